The number of carbonyl (C=O) groups is 1. The van der Waals surface area contributed by atoms with Crippen molar-refractivity contribution in [1.82, 2.24) is 4.98 Å². The van der Waals surface area contributed by atoms with E-state index in [9.17, 15) is 4.79 Å². The number of hydrogen-bond donors (Lipinski definition) is 2. The summed E-state index contributed by atoms with van der Waals surface area (Å²) in [5.41, 5.74) is 5.31. The van der Waals surface area contributed by atoms with Crippen LogP contribution in [0.1, 0.15) is 28.8 Å². The minimum atomic E-state index is -0.0109. The molecule has 3 rings (SSSR count). The SMILES string of the molecule is NNc1cc(C(=O)N2CCCCc3ccccc32)ccn1. The van der Waals surface area contributed by atoms with Gasteiger partial charge >= 0.3 is 0 Å². The number of amides is 1. The van der Waals surface area contributed by atoms with E-state index in [1.165, 1.54) is 5.56 Å². The predicted molar refractivity (Wildman–Crippen MR) is 83.1 cm³/mol. The number of carbonyl (C=O) groups excluding carboxylic acids is 1. The second-order valence-electron chi connectivity index (χ2n) is 5.12. The van der Waals surface area contributed by atoms with Gasteiger partial charge in [0.15, 0.2) is 0 Å². The van der Waals surface area contributed by atoms with E-state index in [1.54, 1.807) is 18.3 Å². The van der Waals surface area contributed by atoms with Crippen LogP contribution in [0.15, 0.2) is 42.6 Å². The van der Waals surface area contributed by atoms with Crippen molar-refractivity contribution in [2.75, 3.05) is 16.9 Å². The zero-order valence-electron chi connectivity index (χ0n) is 11.7. The fourth-order valence-corrected chi connectivity index (χ4v) is 2.70. The molecule has 0 saturated heterocycles. The quantitative estimate of drug-likeness (QED) is 0.655. The first-order valence-electron chi connectivity index (χ1n) is 7.12. The Hall–Kier alpha value is -2.40. The van der Waals surface area contributed by atoms with Gasteiger partial charge in [0.25, 0.3) is 5.91 Å². The molecule has 5 nitrogen and oxygen atoms in total. The van der Waals surface area contributed by atoms with E-state index < -0.39 is 0 Å². The summed E-state index contributed by atoms with van der Waals surface area (Å²) < 4.78 is 0. The lowest BCUT2D eigenvalue weighted by Crippen LogP contribution is -2.31. The Labute approximate surface area is 123 Å². The summed E-state index contributed by atoms with van der Waals surface area (Å²) >= 11 is 0. The van der Waals surface area contributed by atoms with Crippen molar-refractivity contribution in [3.8, 4) is 0 Å². The normalized spacial score (nSPS) is 14.2. The molecule has 0 saturated carbocycles. The molecule has 1 amide bonds. The van der Waals surface area contributed by atoms with Crippen molar-refractivity contribution in [2.24, 2.45) is 5.84 Å². The van der Waals surface area contributed by atoms with E-state index >= 15 is 0 Å². The molecular formula is C16H18N4O. The molecule has 0 unspecified atom stereocenters. The molecule has 1 aliphatic heterocycles. The molecule has 0 atom stereocenters. The van der Waals surface area contributed by atoms with Crippen LogP contribution in [0, 0.1) is 0 Å². The largest absolute Gasteiger partial charge is 0.308 e. The number of aryl methyl sites for hydroxylation is 1. The maximum atomic E-state index is 12.8. The Balaban J connectivity index is 1.97. The van der Waals surface area contributed by atoms with Crippen LogP contribution in [0.5, 0.6) is 0 Å². The number of anilines is 2. The molecule has 1 aromatic heterocycles. The summed E-state index contributed by atoms with van der Waals surface area (Å²) in [6, 6.07) is 11.5. The molecule has 0 spiro atoms. The highest BCUT2D eigenvalue weighted by atomic mass is 16.2. The third kappa shape index (κ3) is 2.73. The van der Waals surface area contributed by atoms with E-state index in [1.807, 2.05) is 23.1 Å². The highest BCUT2D eigenvalue weighted by molar-refractivity contribution is 6.06. The minimum absolute atomic E-state index is 0.0109. The van der Waals surface area contributed by atoms with Gasteiger partial charge in [-0.15, -0.1) is 0 Å². The standard InChI is InChI=1S/C16H18N4O/c17-19-15-11-13(8-9-18-15)16(21)20-10-4-3-6-12-5-1-2-7-14(12)20/h1-2,5,7-9,11H,3-4,6,10,17H2,(H,18,19). The van der Waals surface area contributed by atoms with E-state index in [-0.39, 0.29) is 5.91 Å². The number of nitrogens with two attached hydrogens (primary N) is 1. The first kappa shape index (κ1) is 13.6. The Kier molecular flexibility index (Phi) is 3.83. The molecule has 0 fully saturated rings. The van der Waals surface area contributed by atoms with Crippen LogP contribution >= 0.6 is 0 Å². The molecule has 0 bridgehead atoms. The first-order chi connectivity index (χ1) is 10.3. The Morgan fingerprint density at radius 2 is 2.10 bits per heavy atom. The number of pyridine rings is 1. The summed E-state index contributed by atoms with van der Waals surface area (Å²) in [5.74, 6) is 5.84. The van der Waals surface area contributed by atoms with Crippen molar-refractivity contribution < 1.29 is 4.79 Å². The van der Waals surface area contributed by atoms with Crippen LogP contribution in [-0.2, 0) is 6.42 Å². The fourth-order valence-electron chi connectivity index (χ4n) is 2.70. The van der Waals surface area contributed by atoms with Crippen molar-refractivity contribution in [1.29, 1.82) is 0 Å². The van der Waals surface area contributed by atoms with Crippen LogP contribution in [0.25, 0.3) is 0 Å². The number of hydrogen-bond acceptors (Lipinski definition) is 4. The summed E-state index contributed by atoms with van der Waals surface area (Å²) in [4.78, 5) is 18.7. The number of fused-ring (bicyclic) bond motifs is 1. The lowest BCUT2D eigenvalue weighted by molar-refractivity contribution is 0.0987. The van der Waals surface area contributed by atoms with E-state index in [2.05, 4.69) is 16.5 Å². The zero-order valence-corrected chi connectivity index (χ0v) is 11.7. The third-order valence-corrected chi connectivity index (χ3v) is 3.76. The summed E-state index contributed by atoms with van der Waals surface area (Å²) in [6.45, 7) is 0.740. The average molecular weight is 282 g/mol. The number of nitrogen functional groups attached to an aromatic ring is 1. The van der Waals surface area contributed by atoms with Crippen molar-refractivity contribution in [3.05, 3.63) is 53.7 Å². The van der Waals surface area contributed by atoms with Crippen LogP contribution in [0.4, 0.5) is 11.5 Å². The monoisotopic (exact) mass is 282 g/mol. The third-order valence-electron chi connectivity index (χ3n) is 3.76. The van der Waals surface area contributed by atoms with E-state index in [4.69, 9.17) is 5.84 Å². The first-order valence-corrected chi connectivity index (χ1v) is 7.12. The van der Waals surface area contributed by atoms with Crippen molar-refractivity contribution >= 4 is 17.4 Å². The lowest BCUT2D eigenvalue weighted by atomic mass is 10.1. The molecule has 0 radical (unpaired) electrons. The molecule has 2 heterocycles. The minimum Gasteiger partial charge on any atom is -0.308 e. The van der Waals surface area contributed by atoms with Crippen LogP contribution < -0.4 is 16.2 Å². The van der Waals surface area contributed by atoms with Gasteiger partial charge in [0.1, 0.15) is 5.82 Å². The highest BCUT2D eigenvalue weighted by Gasteiger charge is 2.22. The van der Waals surface area contributed by atoms with Gasteiger partial charge in [-0.05, 0) is 43.0 Å². The molecule has 0 aliphatic carbocycles. The maximum Gasteiger partial charge on any atom is 0.258 e. The van der Waals surface area contributed by atoms with Gasteiger partial charge in [-0.25, -0.2) is 10.8 Å². The van der Waals surface area contributed by atoms with Crippen LogP contribution in [0.3, 0.4) is 0 Å². The number of rotatable bonds is 2. The molecule has 5 heteroatoms. The van der Waals surface area contributed by atoms with Gasteiger partial charge in [0, 0.05) is 24.0 Å². The van der Waals surface area contributed by atoms with Gasteiger partial charge in [-0.3, -0.25) is 4.79 Å². The van der Waals surface area contributed by atoms with Gasteiger partial charge in [0.2, 0.25) is 0 Å². The van der Waals surface area contributed by atoms with E-state index in [0.29, 0.717) is 11.4 Å². The Bertz CT molecular complexity index is 656. The van der Waals surface area contributed by atoms with Gasteiger partial charge in [0.05, 0.1) is 0 Å². The van der Waals surface area contributed by atoms with Gasteiger partial charge in [-0.1, -0.05) is 18.2 Å². The number of aromatic nitrogens is 1. The number of nitrogens with one attached hydrogen (secondary N) is 1. The van der Waals surface area contributed by atoms with E-state index in [0.717, 1.165) is 31.5 Å². The van der Waals surface area contributed by atoms with Crippen molar-refractivity contribution in [2.45, 2.75) is 19.3 Å². The molecule has 108 valence electrons. The van der Waals surface area contributed by atoms with Gasteiger partial charge < -0.3 is 10.3 Å². The number of para-hydroxylation sites is 1. The molecule has 1 aliphatic rings. The van der Waals surface area contributed by atoms with Crippen molar-refractivity contribution in [3.63, 3.8) is 0 Å². The fraction of sp³-hybridized carbons (Fsp3) is 0.250. The molecule has 2 aromatic rings. The summed E-state index contributed by atoms with van der Waals surface area (Å²) in [7, 11) is 0. The molecular weight excluding hydrogens is 264 g/mol. The molecule has 1 aromatic carbocycles. The highest BCUT2D eigenvalue weighted by Crippen LogP contribution is 2.27. The smallest absolute Gasteiger partial charge is 0.258 e. The zero-order chi connectivity index (χ0) is 14.7. The average Bonchev–Trinajstić information content (AvgIpc) is 2.76. The van der Waals surface area contributed by atoms with Gasteiger partial charge in [-0.2, -0.15) is 0 Å². The predicted octanol–water partition coefficient (Wildman–Crippen LogP) is 2.35. The molecule has 3 N–H and O–H groups in total. The van der Waals surface area contributed by atoms with Crippen LogP contribution in [0.2, 0.25) is 0 Å². The second-order valence-corrected chi connectivity index (χ2v) is 5.12. The number of benzene rings is 1. The maximum absolute atomic E-state index is 12.8. The second kappa shape index (κ2) is 5.93. The Morgan fingerprint density at radius 3 is 2.95 bits per heavy atom. The van der Waals surface area contributed by atoms with Crippen LogP contribution in [-0.4, -0.2) is 17.4 Å². The Morgan fingerprint density at radius 1 is 1.24 bits per heavy atom. The lowest BCUT2D eigenvalue weighted by Gasteiger charge is -2.23. The topological polar surface area (TPSA) is 71.2 Å². The summed E-state index contributed by atoms with van der Waals surface area (Å²) in [5, 5.41) is 0. The summed E-state index contributed by atoms with van der Waals surface area (Å²) in [6.07, 6.45) is 4.72. The number of nitrogens with zero attached hydrogens (tertiary/aromatic N) is 2. The molecule has 21 heavy (non-hydrogen) atoms. The number of hydrazine groups is 1.